The van der Waals surface area contributed by atoms with E-state index in [-0.39, 0.29) is 11.7 Å². The van der Waals surface area contributed by atoms with Crippen molar-refractivity contribution in [2.45, 2.75) is 25.7 Å². The summed E-state index contributed by atoms with van der Waals surface area (Å²) in [7, 11) is 0. The molecular formula is C14H12F3N3O. The average molecular weight is 295 g/mol. The molecule has 1 aliphatic rings. The standard InChI is InChI=1S/C14H12F3N3O/c1-8-10-5-3-2-4-9(10)7-20(8)11-6-18-19-13(21)12(11)14(15,16)17/h2-6,8H,7H2,1H3,(H,19,21)/t8-/m0/s1. The fourth-order valence-electron chi connectivity index (χ4n) is 2.75. The summed E-state index contributed by atoms with van der Waals surface area (Å²) in [6.07, 6.45) is -3.66. The Morgan fingerprint density at radius 2 is 2.05 bits per heavy atom. The summed E-state index contributed by atoms with van der Waals surface area (Å²) in [5, 5.41) is 5.38. The lowest BCUT2D eigenvalue weighted by Crippen LogP contribution is -2.30. The van der Waals surface area contributed by atoms with Crippen LogP contribution in [0.5, 0.6) is 0 Å². The third-order valence-corrected chi connectivity index (χ3v) is 3.74. The maximum Gasteiger partial charge on any atom is 0.423 e. The Balaban J connectivity index is 2.12. The second-order valence-electron chi connectivity index (χ2n) is 4.96. The number of aromatic nitrogens is 2. The average Bonchev–Trinajstić information content (AvgIpc) is 2.75. The second-order valence-corrected chi connectivity index (χ2v) is 4.96. The lowest BCUT2D eigenvalue weighted by atomic mass is 10.1. The van der Waals surface area contributed by atoms with Gasteiger partial charge >= 0.3 is 6.18 Å². The smallest absolute Gasteiger partial charge is 0.358 e. The highest BCUT2D eigenvalue weighted by molar-refractivity contribution is 5.58. The van der Waals surface area contributed by atoms with Gasteiger partial charge in [-0.1, -0.05) is 24.3 Å². The molecule has 1 N–H and O–H groups in total. The number of nitrogens with one attached hydrogen (secondary N) is 1. The lowest BCUT2D eigenvalue weighted by Gasteiger charge is -2.26. The molecule has 3 rings (SSSR count). The van der Waals surface area contributed by atoms with Crippen molar-refractivity contribution in [2.75, 3.05) is 4.90 Å². The Bertz CT molecular complexity index is 739. The summed E-state index contributed by atoms with van der Waals surface area (Å²) in [5.41, 5.74) is -0.681. The molecule has 1 aliphatic heterocycles. The number of rotatable bonds is 1. The molecule has 2 heterocycles. The topological polar surface area (TPSA) is 49.0 Å². The summed E-state index contributed by atoms with van der Waals surface area (Å²) in [4.78, 5) is 13.1. The molecule has 2 aromatic rings. The van der Waals surface area contributed by atoms with Crippen LogP contribution in [0.25, 0.3) is 0 Å². The number of H-pyrrole nitrogens is 1. The molecule has 0 bridgehead atoms. The Kier molecular flexibility index (Phi) is 3.00. The monoisotopic (exact) mass is 295 g/mol. The first-order chi connectivity index (χ1) is 9.89. The Morgan fingerprint density at radius 1 is 1.33 bits per heavy atom. The fraction of sp³-hybridized carbons (Fsp3) is 0.286. The van der Waals surface area contributed by atoms with Gasteiger partial charge in [-0.3, -0.25) is 4.79 Å². The second kappa shape index (κ2) is 4.61. The first-order valence-electron chi connectivity index (χ1n) is 6.39. The van der Waals surface area contributed by atoms with Crippen LogP contribution in [0, 0.1) is 0 Å². The predicted octanol–water partition coefficient (Wildman–Crippen LogP) is 2.87. The summed E-state index contributed by atoms with van der Waals surface area (Å²) in [5.74, 6) is 0. The molecule has 1 atom stereocenters. The van der Waals surface area contributed by atoms with Gasteiger partial charge in [-0.15, -0.1) is 0 Å². The maximum absolute atomic E-state index is 13.1. The van der Waals surface area contributed by atoms with E-state index < -0.39 is 17.3 Å². The zero-order valence-corrected chi connectivity index (χ0v) is 11.1. The van der Waals surface area contributed by atoms with Crippen LogP contribution in [0.4, 0.5) is 18.9 Å². The van der Waals surface area contributed by atoms with Gasteiger partial charge in [0, 0.05) is 6.54 Å². The summed E-state index contributed by atoms with van der Waals surface area (Å²) in [6.45, 7) is 2.14. The normalized spacial score (nSPS) is 17.9. The van der Waals surface area contributed by atoms with Crippen molar-refractivity contribution in [3.63, 3.8) is 0 Å². The Hall–Kier alpha value is -2.31. The molecule has 0 saturated carbocycles. The van der Waals surface area contributed by atoms with Gasteiger partial charge in [0.05, 0.1) is 17.9 Å². The van der Waals surface area contributed by atoms with Crippen molar-refractivity contribution in [2.24, 2.45) is 0 Å². The molecule has 0 aliphatic carbocycles. The van der Waals surface area contributed by atoms with Crippen LogP contribution < -0.4 is 10.5 Å². The van der Waals surface area contributed by atoms with Crippen molar-refractivity contribution in [3.8, 4) is 0 Å². The van der Waals surface area contributed by atoms with Crippen LogP contribution in [0.15, 0.2) is 35.3 Å². The summed E-state index contributed by atoms with van der Waals surface area (Å²) < 4.78 is 39.4. The number of aromatic amines is 1. The quantitative estimate of drug-likeness (QED) is 0.880. The molecule has 0 unspecified atom stereocenters. The Morgan fingerprint density at radius 3 is 2.71 bits per heavy atom. The molecule has 110 valence electrons. The molecule has 21 heavy (non-hydrogen) atoms. The van der Waals surface area contributed by atoms with Crippen LogP contribution in [0.1, 0.15) is 29.7 Å². The predicted molar refractivity (Wildman–Crippen MR) is 70.9 cm³/mol. The molecule has 0 amide bonds. The number of halogens is 3. The van der Waals surface area contributed by atoms with Gasteiger partial charge in [-0.25, -0.2) is 5.10 Å². The van der Waals surface area contributed by atoms with Crippen molar-refractivity contribution < 1.29 is 13.2 Å². The van der Waals surface area contributed by atoms with E-state index in [0.29, 0.717) is 6.54 Å². The molecule has 7 heteroatoms. The number of hydrogen-bond acceptors (Lipinski definition) is 3. The van der Waals surface area contributed by atoms with Crippen molar-refractivity contribution >= 4 is 5.69 Å². The molecule has 0 fully saturated rings. The first-order valence-corrected chi connectivity index (χ1v) is 6.39. The number of anilines is 1. The van der Waals surface area contributed by atoms with E-state index in [1.165, 1.54) is 0 Å². The maximum atomic E-state index is 13.1. The zero-order valence-electron chi connectivity index (χ0n) is 11.1. The van der Waals surface area contributed by atoms with E-state index in [9.17, 15) is 18.0 Å². The van der Waals surface area contributed by atoms with Crippen LogP contribution in [-0.2, 0) is 12.7 Å². The molecular weight excluding hydrogens is 283 g/mol. The highest BCUT2D eigenvalue weighted by Gasteiger charge is 2.40. The van der Waals surface area contributed by atoms with Gasteiger partial charge in [-0.2, -0.15) is 18.3 Å². The highest BCUT2D eigenvalue weighted by Crippen LogP contribution is 2.41. The van der Waals surface area contributed by atoms with Crippen LogP contribution >= 0.6 is 0 Å². The Labute approximate surface area is 118 Å². The molecule has 0 spiro atoms. The fourth-order valence-corrected chi connectivity index (χ4v) is 2.75. The van der Waals surface area contributed by atoms with E-state index in [1.54, 1.807) is 4.90 Å². The van der Waals surface area contributed by atoms with Gasteiger partial charge < -0.3 is 4.90 Å². The molecule has 4 nitrogen and oxygen atoms in total. The summed E-state index contributed by atoms with van der Waals surface area (Å²) >= 11 is 0. The van der Waals surface area contributed by atoms with Gasteiger partial charge in [0.25, 0.3) is 5.56 Å². The number of hydrogen-bond donors (Lipinski definition) is 1. The number of fused-ring (bicyclic) bond motifs is 1. The highest BCUT2D eigenvalue weighted by atomic mass is 19.4. The molecule has 0 radical (unpaired) electrons. The number of alkyl halides is 3. The largest absolute Gasteiger partial charge is 0.423 e. The molecule has 1 aromatic heterocycles. The summed E-state index contributed by atoms with van der Waals surface area (Å²) in [6, 6.07) is 7.20. The minimum Gasteiger partial charge on any atom is -0.358 e. The number of nitrogens with zero attached hydrogens (tertiary/aromatic N) is 2. The zero-order chi connectivity index (χ0) is 15.2. The SMILES string of the molecule is C[C@H]1c2ccccc2CN1c1cn[nH]c(=O)c1C(F)(F)F. The third-order valence-electron chi connectivity index (χ3n) is 3.74. The van der Waals surface area contributed by atoms with Gasteiger partial charge in [0.15, 0.2) is 0 Å². The van der Waals surface area contributed by atoms with E-state index >= 15 is 0 Å². The van der Waals surface area contributed by atoms with Crippen molar-refractivity contribution in [1.29, 1.82) is 0 Å². The van der Waals surface area contributed by atoms with Gasteiger partial charge in [-0.05, 0) is 18.1 Å². The third kappa shape index (κ3) is 2.18. The number of benzene rings is 1. The van der Waals surface area contributed by atoms with E-state index in [0.717, 1.165) is 17.3 Å². The van der Waals surface area contributed by atoms with Crippen LogP contribution in [0.2, 0.25) is 0 Å². The first kappa shape index (κ1) is 13.7. The minimum absolute atomic E-state index is 0.185. The van der Waals surface area contributed by atoms with Crippen LogP contribution in [-0.4, -0.2) is 10.2 Å². The van der Waals surface area contributed by atoms with Gasteiger partial charge in [0.2, 0.25) is 0 Å². The lowest BCUT2D eigenvalue weighted by molar-refractivity contribution is -0.138. The van der Waals surface area contributed by atoms with Gasteiger partial charge in [0.1, 0.15) is 5.56 Å². The molecule has 1 aromatic carbocycles. The van der Waals surface area contributed by atoms with E-state index in [2.05, 4.69) is 5.10 Å². The van der Waals surface area contributed by atoms with Crippen molar-refractivity contribution in [1.82, 2.24) is 10.2 Å². The van der Waals surface area contributed by atoms with Crippen molar-refractivity contribution in [3.05, 3.63) is 57.5 Å². The molecule has 0 saturated heterocycles. The van der Waals surface area contributed by atoms with E-state index in [4.69, 9.17) is 0 Å². The van der Waals surface area contributed by atoms with E-state index in [1.807, 2.05) is 36.3 Å². The van der Waals surface area contributed by atoms with Crippen LogP contribution in [0.3, 0.4) is 0 Å². The minimum atomic E-state index is -4.72.